The molecule has 0 bridgehead atoms. The normalized spacial score (nSPS) is 13.3. The van der Waals surface area contributed by atoms with Crippen LogP contribution < -0.4 is 20.2 Å². The van der Waals surface area contributed by atoms with Gasteiger partial charge in [-0.2, -0.15) is 5.10 Å². The van der Waals surface area contributed by atoms with Crippen LogP contribution in [-0.4, -0.2) is 43.8 Å². The van der Waals surface area contributed by atoms with Crippen molar-refractivity contribution in [3.63, 3.8) is 0 Å². The van der Waals surface area contributed by atoms with Gasteiger partial charge in [0.25, 0.3) is 11.8 Å². The predicted octanol–water partition coefficient (Wildman–Crippen LogP) is 4.98. The van der Waals surface area contributed by atoms with Gasteiger partial charge in [0, 0.05) is 10.4 Å². The van der Waals surface area contributed by atoms with Crippen molar-refractivity contribution in [2.75, 3.05) is 19.0 Å². The minimum atomic E-state index is -0.822. The van der Waals surface area contributed by atoms with Crippen LogP contribution in [0, 0.1) is 0 Å². The first-order chi connectivity index (χ1) is 18.9. The smallest absolute Gasteiger partial charge is 0.341 e. The summed E-state index contributed by atoms with van der Waals surface area (Å²) in [5, 5.41) is 7.38. The fourth-order valence-electron chi connectivity index (χ4n) is 4.17. The predicted molar refractivity (Wildman–Crippen MR) is 150 cm³/mol. The zero-order chi connectivity index (χ0) is 27.8. The zero-order valence-electron chi connectivity index (χ0n) is 22.1. The molecule has 4 rings (SSSR count). The van der Waals surface area contributed by atoms with Gasteiger partial charge in [-0.15, -0.1) is 11.3 Å². The Bertz CT molecular complexity index is 1370. The van der Waals surface area contributed by atoms with Crippen molar-refractivity contribution in [3.05, 3.63) is 75.7 Å². The molecular weight excluding hydrogens is 518 g/mol. The van der Waals surface area contributed by atoms with E-state index in [1.54, 1.807) is 51.3 Å². The number of methoxy groups -OCH3 is 1. The molecule has 0 saturated heterocycles. The maximum Gasteiger partial charge on any atom is 0.341 e. The Balaban J connectivity index is 1.35. The van der Waals surface area contributed by atoms with Crippen molar-refractivity contribution < 1.29 is 28.6 Å². The van der Waals surface area contributed by atoms with Gasteiger partial charge in [-0.05, 0) is 87.1 Å². The average Bonchev–Trinajstić information content (AvgIpc) is 3.31. The molecule has 1 heterocycles. The number of thiophene rings is 1. The van der Waals surface area contributed by atoms with Crippen molar-refractivity contribution in [2.45, 2.75) is 45.6 Å². The molecule has 0 aliphatic heterocycles. The number of esters is 1. The van der Waals surface area contributed by atoms with Crippen molar-refractivity contribution >= 4 is 40.3 Å². The van der Waals surface area contributed by atoms with E-state index < -0.39 is 18.0 Å². The number of nitrogens with one attached hydrogen (secondary N) is 2. The molecule has 1 aliphatic carbocycles. The fourth-order valence-corrected chi connectivity index (χ4v) is 5.45. The lowest BCUT2D eigenvalue weighted by atomic mass is 9.95. The first-order valence-electron chi connectivity index (χ1n) is 12.8. The maximum absolute atomic E-state index is 13.0. The lowest BCUT2D eigenvalue weighted by molar-refractivity contribution is -0.127. The third kappa shape index (κ3) is 7.02. The second-order valence-electron chi connectivity index (χ2n) is 8.88. The summed E-state index contributed by atoms with van der Waals surface area (Å²) in [4.78, 5) is 39.2. The number of anilines is 1. The number of carbonyl (C=O) groups is 3. The Hall–Kier alpha value is -4.18. The molecular formula is C29H31N3O6S. The highest BCUT2D eigenvalue weighted by molar-refractivity contribution is 7.17. The molecule has 2 aromatic carbocycles. The third-order valence-corrected chi connectivity index (χ3v) is 7.37. The zero-order valence-corrected chi connectivity index (χ0v) is 22.9. The van der Waals surface area contributed by atoms with Gasteiger partial charge in [0.2, 0.25) is 0 Å². The lowest BCUT2D eigenvalue weighted by Crippen LogP contribution is -2.33. The second kappa shape index (κ2) is 13.1. The van der Waals surface area contributed by atoms with Crippen LogP contribution in [0.15, 0.2) is 53.6 Å². The number of benzene rings is 2. The van der Waals surface area contributed by atoms with Gasteiger partial charge in [-0.1, -0.05) is 12.1 Å². The van der Waals surface area contributed by atoms with E-state index in [-0.39, 0.29) is 12.5 Å². The van der Waals surface area contributed by atoms with Gasteiger partial charge in [0.05, 0.1) is 25.5 Å². The van der Waals surface area contributed by atoms with Crippen LogP contribution in [-0.2, 0) is 22.4 Å². The average molecular weight is 550 g/mol. The summed E-state index contributed by atoms with van der Waals surface area (Å²) in [5.41, 5.74) is 5.08. The van der Waals surface area contributed by atoms with E-state index >= 15 is 0 Å². The number of amides is 2. The number of aryl methyl sites for hydroxylation is 1. The van der Waals surface area contributed by atoms with Gasteiger partial charge in [0.15, 0.2) is 6.10 Å². The summed E-state index contributed by atoms with van der Waals surface area (Å²) >= 11 is 1.44. The maximum atomic E-state index is 13.0. The second-order valence-corrected chi connectivity index (χ2v) is 9.99. The molecule has 3 aromatic rings. The highest BCUT2D eigenvalue weighted by Crippen LogP contribution is 2.38. The van der Waals surface area contributed by atoms with Gasteiger partial charge in [-0.3, -0.25) is 9.59 Å². The molecule has 0 radical (unpaired) electrons. The van der Waals surface area contributed by atoms with Crippen LogP contribution in [0.25, 0.3) is 0 Å². The van der Waals surface area contributed by atoms with Crippen molar-refractivity contribution in [1.29, 1.82) is 0 Å². The summed E-state index contributed by atoms with van der Waals surface area (Å²) in [6.45, 7) is 3.63. The monoisotopic (exact) mass is 549 g/mol. The SMILES string of the molecule is CCOC(=O)c1c(NC(=O)c2ccc(O[C@@H](C)C(=O)N/N=C\c3cccc(OC)c3)cc2)sc2c1CCCC2. The first-order valence-corrected chi connectivity index (χ1v) is 13.6. The van der Waals surface area contributed by atoms with E-state index in [1.165, 1.54) is 17.6 Å². The Morgan fingerprint density at radius 1 is 1.08 bits per heavy atom. The number of ether oxygens (including phenoxy) is 3. The summed E-state index contributed by atoms with van der Waals surface area (Å²) in [6.07, 6.45) is 4.47. The van der Waals surface area contributed by atoms with E-state index in [1.807, 2.05) is 18.2 Å². The van der Waals surface area contributed by atoms with E-state index in [0.29, 0.717) is 27.6 Å². The minimum Gasteiger partial charge on any atom is -0.497 e. The largest absolute Gasteiger partial charge is 0.497 e. The molecule has 1 aromatic heterocycles. The molecule has 39 heavy (non-hydrogen) atoms. The number of carbonyl (C=O) groups excluding carboxylic acids is 3. The quantitative estimate of drug-likeness (QED) is 0.209. The van der Waals surface area contributed by atoms with E-state index in [4.69, 9.17) is 14.2 Å². The summed E-state index contributed by atoms with van der Waals surface area (Å²) in [6, 6.07) is 13.7. The van der Waals surface area contributed by atoms with Crippen LogP contribution >= 0.6 is 11.3 Å². The summed E-state index contributed by atoms with van der Waals surface area (Å²) in [7, 11) is 1.58. The number of rotatable bonds is 10. The molecule has 204 valence electrons. The number of nitrogens with zero attached hydrogens (tertiary/aromatic N) is 1. The molecule has 1 atom stereocenters. The van der Waals surface area contributed by atoms with Crippen LogP contribution in [0.1, 0.15) is 63.4 Å². The molecule has 9 nitrogen and oxygen atoms in total. The fraction of sp³-hybridized carbons (Fsp3) is 0.310. The summed E-state index contributed by atoms with van der Waals surface area (Å²) < 4.78 is 16.1. The highest BCUT2D eigenvalue weighted by atomic mass is 32.1. The lowest BCUT2D eigenvalue weighted by Gasteiger charge is -2.13. The Morgan fingerprint density at radius 2 is 1.85 bits per heavy atom. The Labute approximate surface area is 231 Å². The van der Waals surface area contributed by atoms with Crippen LogP contribution in [0.3, 0.4) is 0 Å². The van der Waals surface area contributed by atoms with Gasteiger partial charge >= 0.3 is 5.97 Å². The molecule has 0 spiro atoms. The third-order valence-electron chi connectivity index (χ3n) is 6.16. The minimum absolute atomic E-state index is 0.267. The summed E-state index contributed by atoms with van der Waals surface area (Å²) in [5.74, 6) is -0.0682. The van der Waals surface area contributed by atoms with Gasteiger partial charge in [-0.25, -0.2) is 10.2 Å². The molecule has 2 N–H and O–H groups in total. The topological polar surface area (TPSA) is 115 Å². The van der Waals surface area contributed by atoms with Crippen LogP contribution in [0.5, 0.6) is 11.5 Å². The van der Waals surface area contributed by atoms with Crippen molar-refractivity contribution in [2.24, 2.45) is 5.10 Å². The Kier molecular flexibility index (Phi) is 9.32. The van der Waals surface area contributed by atoms with Gasteiger partial charge < -0.3 is 19.5 Å². The molecule has 0 saturated carbocycles. The van der Waals surface area contributed by atoms with Crippen LogP contribution in [0.4, 0.5) is 5.00 Å². The van der Waals surface area contributed by atoms with E-state index in [9.17, 15) is 14.4 Å². The first kappa shape index (κ1) is 27.8. The number of hydrogen-bond acceptors (Lipinski definition) is 8. The molecule has 0 unspecified atom stereocenters. The van der Waals surface area contributed by atoms with Crippen molar-refractivity contribution in [1.82, 2.24) is 5.43 Å². The molecule has 0 fully saturated rings. The molecule has 10 heteroatoms. The molecule has 1 aliphatic rings. The highest BCUT2D eigenvalue weighted by Gasteiger charge is 2.27. The number of hydrazone groups is 1. The van der Waals surface area contributed by atoms with E-state index in [2.05, 4.69) is 15.8 Å². The van der Waals surface area contributed by atoms with Crippen molar-refractivity contribution in [3.8, 4) is 11.5 Å². The van der Waals surface area contributed by atoms with Gasteiger partial charge in [0.1, 0.15) is 16.5 Å². The number of hydrogen-bond donors (Lipinski definition) is 2. The standard InChI is InChI=1S/C29H31N3O6S/c1-4-37-29(35)25-23-10-5-6-11-24(23)39-28(25)31-27(34)20-12-14-21(15-13-20)38-18(2)26(33)32-30-17-19-8-7-9-22(16-19)36-3/h7-9,12-18H,4-6,10-11H2,1-3H3,(H,31,34)(H,32,33)/b30-17-/t18-/m0/s1. The molecule has 2 amide bonds. The Morgan fingerprint density at radius 3 is 2.59 bits per heavy atom. The number of fused-ring (bicyclic) bond motifs is 1. The van der Waals surface area contributed by atoms with Crippen LogP contribution in [0.2, 0.25) is 0 Å². The van der Waals surface area contributed by atoms with E-state index in [0.717, 1.165) is 41.7 Å².